The smallest absolute Gasteiger partial charge is 0.267 e. The van der Waals surface area contributed by atoms with Crippen molar-refractivity contribution in [3.05, 3.63) is 42.1 Å². The highest BCUT2D eigenvalue weighted by Gasteiger charge is 2.35. The number of hydrogen-bond acceptors (Lipinski definition) is 3. The molecular weight excluding hydrogens is 302 g/mol. The van der Waals surface area contributed by atoms with Crippen LogP contribution in [0.2, 0.25) is 0 Å². The molecule has 5 nitrogen and oxygen atoms in total. The van der Waals surface area contributed by atoms with Crippen molar-refractivity contribution in [1.82, 2.24) is 15.2 Å². The van der Waals surface area contributed by atoms with Crippen molar-refractivity contribution in [2.24, 2.45) is 5.92 Å². The predicted molar refractivity (Wildman–Crippen MR) is 93.2 cm³/mol. The molecule has 1 amide bonds. The first-order chi connectivity index (χ1) is 11.7. The minimum atomic E-state index is -0.0186. The summed E-state index contributed by atoms with van der Waals surface area (Å²) < 4.78 is 5.40. The number of amides is 1. The number of rotatable bonds is 4. The number of nitrogens with one attached hydrogen (secondary N) is 2. The Morgan fingerprint density at radius 1 is 1.21 bits per heavy atom. The minimum absolute atomic E-state index is 0.0186. The molecule has 24 heavy (non-hydrogen) atoms. The molecule has 0 spiro atoms. The Balaban J connectivity index is 1.49. The maximum atomic E-state index is 12.6. The Bertz CT molecular complexity index is 732. The Kier molecular flexibility index (Phi) is 4.02. The molecule has 1 atom stereocenters. The molecule has 0 aliphatic carbocycles. The number of fused-ring (bicyclic) bond motifs is 3. The number of methoxy groups -OCH3 is 1. The van der Waals surface area contributed by atoms with Gasteiger partial charge in [0.15, 0.2) is 0 Å². The van der Waals surface area contributed by atoms with E-state index >= 15 is 0 Å². The average molecular weight is 325 g/mol. The van der Waals surface area contributed by atoms with Gasteiger partial charge in [-0.3, -0.25) is 4.79 Å². The second kappa shape index (κ2) is 6.32. The molecule has 3 aliphatic rings. The first kappa shape index (κ1) is 15.3. The fraction of sp³-hybridized carbons (Fsp3) is 0.421. The van der Waals surface area contributed by atoms with E-state index < -0.39 is 0 Å². The van der Waals surface area contributed by atoms with Gasteiger partial charge in [-0.05, 0) is 56.1 Å². The summed E-state index contributed by atoms with van der Waals surface area (Å²) in [6.45, 7) is 3.34. The van der Waals surface area contributed by atoms with Gasteiger partial charge in [0.2, 0.25) is 0 Å². The Hall–Kier alpha value is -2.27. The summed E-state index contributed by atoms with van der Waals surface area (Å²) in [7, 11) is 1.66. The third-order valence-corrected chi connectivity index (χ3v) is 5.30. The third-order valence-electron chi connectivity index (χ3n) is 5.30. The summed E-state index contributed by atoms with van der Waals surface area (Å²) in [5.74, 6) is 1.40. The maximum absolute atomic E-state index is 12.6. The van der Waals surface area contributed by atoms with Crippen molar-refractivity contribution in [1.29, 1.82) is 0 Å². The van der Waals surface area contributed by atoms with Crippen molar-refractivity contribution in [3.63, 3.8) is 0 Å². The number of aromatic nitrogens is 1. The highest BCUT2D eigenvalue weighted by molar-refractivity contribution is 5.93. The number of para-hydroxylation sites is 1. The Morgan fingerprint density at radius 2 is 2.00 bits per heavy atom. The van der Waals surface area contributed by atoms with E-state index in [1.807, 2.05) is 36.4 Å². The largest absolute Gasteiger partial charge is 0.496 e. The molecule has 2 aromatic rings. The number of aromatic amines is 1. The number of hydrogen-bond donors (Lipinski definition) is 2. The molecule has 3 fully saturated rings. The zero-order chi connectivity index (χ0) is 16.5. The normalized spacial score (nSPS) is 25.5. The summed E-state index contributed by atoms with van der Waals surface area (Å²) in [5.41, 5.74) is 2.46. The van der Waals surface area contributed by atoms with E-state index in [2.05, 4.69) is 15.2 Å². The molecule has 0 saturated carbocycles. The van der Waals surface area contributed by atoms with Crippen LogP contribution >= 0.6 is 0 Å². The fourth-order valence-electron chi connectivity index (χ4n) is 3.93. The number of piperidine rings is 3. The van der Waals surface area contributed by atoms with E-state index in [0.29, 0.717) is 11.6 Å². The highest BCUT2D eigenvalue weighted by Crippen LogP contribution is 2.30. The summed E-state index contributed by atoms with van der Waals surface area (Å²) >= 11 is 0. The van der Waals surface area contributed by atoms with Crippen molar-refractivity contribution < 1.29 is 9.53 Å². The van der Waals surface area contributed by atoms with E-state index in [4.69, 9.17) is 4.74 Å². The molecule has 4 heterocycles. The van der Waals surface area contributed by atoms with Crippen LogP contribution in [0.1, 0.15) is 23.3 Å². The van der Waals surface area contributed by atoms with Crippen LogP contribution in [0.4, 0.5) is 0 Å². The summed E-state index contributed by atoms with van der Waals surface area (Å²) in [6.07, 6.45) is 2.39. The first-order valence-corrected chi connectivity index (χ1v) is 8.60. The van der Waals surface area contributed by atoms with E-state index in [-0.39, 0.29) is 11.9 Å². The first-order valence-electron chi connectivity index (χ1n) is 8.60. The third kappa shape index (κ3) is 2.80. The van der Waals surface area contributed by atoms with Crippen LogP contribution in [0.3, 0.4) is 0 Å². The van der Waals surface area contributed by atoms with Crippen molar-refractivity contribution in [2.75, 3.05) is 26.7 Å². The highest BCUT2D eigenvalue weighted by atomic mass is 16.5. The molecule has 1 aromatic carbocycles. The lowest BCUT2D eigenvalue weighted by Gasteiger charge is -2.44. The SMILES string of the molecule is COc1ccccc1-c1ccc(C(=O)N[C@H]2CN3CCC2CC3)[nH]1. The van der Waals surface area contributed by atoms with Gasteiger partial charge in [-0.1, -0.05) is 12.1 Å². The second-order valence-electron chi connectivity index (χ2n) is 6.70. The van der Waals surface area contributed by atoms with Gasteiger partial charge < -0.3 is 19.9 Å². The van der Waals surface area contributed by atoms with Gasteiger partial charge in [-0.15, -0.1) is 0 Å². The Labute approximate surface area is 142 Å². The Morgan fingerprint density at radius 3 is 2.71 bits per heavy atom. The van der Waals surface area contributed by atoms with E-state index in [0.717, 1.165) is 23.6 Å². The monoisotopic (exact) mass is 325 g/mol. The number of H-pyrrole nitrogens is 1. The lowest BCUT2D eigenvalue weighted by atomic mass is 9.84. The molecule has 5 heteroatoms. The zero-order valence-corrected chi connectivity index (χ0v) is 13.9. The number of nitrogens with zero attached hydrogens (tertiary/aromatic N) is 1. The molecule has 0 unspecified atom stereocenters. The topological polar surface area (TPSA) is 57.4 Å². The summed E-state index contributed by atoms with van der Waals surface area (Å²) in [6, 6.07) is 11.9. The van der Waals surface area contributed by atoms with E-state index in [1.54, 1.807) is 7.11 Å². The number of carbonyl (C=O) groups excluding carboxylic acids is 1. The van der Waals surface area contributed by atoms with Crippen LogP contribution in [0.15, 0.2) is 36.4 Å². The van der Waals surface area contributed by atoms with Gasteiger partial charge in [-0.25, -0.2) is 0 Å². The van der Waals surface area contributed by atoms with Crippen molar-refractivity contribution in [3.8, 4) is 17.0 Å². The number of benzene rings is 1. The fourth-order valence-corrected chi connectivity index (χ4v) is 3.93. The van der Waals surface area contributed by atoms with Crippen LogP contribution in [0, 0.1) is 5.92 Å². The average Bonchev–Trinajstić information content (AvgIpc) is 3.13. The van der Waals surface area contributed by atoms with Crippen LogP contribution in [0.5, 0.6) is 5.75 Å². The predicted octanol–water partition coefficient (Wildman–Crippen LogP) is 2.51. The van der Waals surface area contributed by atoms with Crippen LogP contribution in [-0.4, -0.2) is 48.6 Å². The maximum Gasteiger partial charge on any atom is 0.267 e. The molecule has 3 aliphatic heterocycles. The molecule has 1 aromatic heterocycles. The van der Waals surface area contributed by atoms with Gasteiger partial charge in [0.05, 0.1) is 7.11 Å². The van der Waals surface area contributed by atoms with Crippen LogP contribution in [-0.2, 0) is 0 Å². The zero-order valence-electron chi connectivity index (χ0n) is 13.9. The number of ether oxygens (including phenoxy) is 1. The summed E-state index contributed by atoms with van der Waals surface area (Å²) in [4.78, 5) is 18.3. The van der Waals surface area contributed by atoms with Crippen molar-refractivity contribution >= 4 is 5.91 Å². The van der Waals surface area contributed by atoms with Crippen LogP contribution in [0.25, 0.3) is 11.3 Å². The molecule has 0 radical (unpaired) electrons. The van der Waals surface area contributed by atoms with Gasteiger partial charge in [0, 0.05) is 23.8 Å². The van der Waals surface area contributed by atoms with E-state index in [1.165, 1.54) is 25.9 Å². The number of carbonyl (C=O) groups is 1. The van der Waals surface area contributed by atoms with Gasteiger partial charge in [-0.2, -0.15) is 0 Å². The van der Waals surface area contributed by atoms with Gasteiger partial charge in [0.25, 0.3) is 5.91 Å². The lowest BCUT2D eigenvalue weighted by molar-refractivity contribution is 0.0618. The van der Waals surface area contributed by atoms with E-state index in [9.17, 15) is 4.79 Å². The standard InChI is InChI=1S/C19H23N3O2/c1-24-18-5-3-2-4-14(18)15-6-7-16(20-15)19(23)21-17-12-22-10-8-13(17)9-11-22/h2-7,13,17,20H,8-12H2,1H3,(H,21,23)/t17-/m0/s1. The quantitative estimate of drug-likeness (QED) is 0.908. The summed E-state index contributed by atoms with van der Waals surface area (Å²) in [5, 5.41) is 3.22. The van der Waals surface area contributed by atoms with Crippen molar-refractivity contribution in [2.45, 2.75) is 18.9 Å². The minimum Gasteiger partial charge on any atom is -0.496 e. The van der Waals surface area contributed by atoms with Gasteiger partial charge >= 0.3 is 0 Å². The van der Waals surface area contributed by atoms with Gasteiger partial charge in [0.1, 0.15) is 11.4 Å². The molecular formula is C19H23N3O2. The second-order valence-corrected chi connectivity index (χ2v) is 6.70. The molecule has 2 N–H and O–H groups in total. The molecule has 126 valence electrons. The molecule has 3 saturated heterocycles. The molecule has 2 bridgehead atoms. The molecule has 5 rings (SSSR count). The lowest BCUT2D eigenvalue weighted by Crippen LogP contribution is -2.57. The van der Waals surface area contributed by atoms with Crippen LogP contribution < -0.4 is 10.1 Å².